The zero-order chi connectivity index (χ0) is 13.4. The van der Waals surface area contributed by atoms with Crippen LogP contribution in [0.4, 0.5) is 8.78 Å². The molecule has 6 heteroatoms. The molecule has 0 aromatic heterocycles. The minimum absolute atomic E-state index is 0.0856. The van der Waals surface area contributed by atoms with Crippen LogP contribution in [0.15, 0.2) is 0 Å². The van der Waals surface area contributed by atoms with Gasteiger partial charge in [0.05, 0.1) is 6.10 Å². The highest BCUT2D eigenvalue weighted by Gasteiger charge is 2.39. The molecular formula is C13H20F2N2O2. The first kappa shape index (κ1) is 13.2. The van der Waals surface area contributed by atoms with Crippen molar-refractivity contribution in [2.75, 3.05) is 26.2 Å². The van der Waals surface area contributed by atoms with Gasteiger partial charge in [-0.25, -0.2) is 0 Å². The van der Waals surface area contributed by atoms with E-state index in [4.69, 9.17) is 0 Å². The van der Waals surface area contributed by atoms with Gasteiger partial charge >= 0.3 is 6.61 Å². The van der Waals surface area contributed by atoms with E-state index in [1.165, 1.54) is 12.8 Å². The molecule has 2 aliphatic heterocycles. The lowest BCUT2D eigenvalue weighted by Crippen LogP contribution is -2.57. The van der Waals surface area contributed by atoms with Crippen molar-refractivity contribution >= 4 is 5.91 Å². The van der Waals surface area contributed by atoms with Crippen molar-refractivity contribution in [3.05, 3.63) is 0 Å². The van der Waals surface area contributed by atoms with E-state index in [1.54, 1.807) is 4.90 Å². The molecule has 0 radical (unpaired) electrons. The highest BCUT2D eigenvalue weighted by molar-refractivity contribution is 5.79. The van der Waals surface area contributed by atoms with E-state index in [0.29, 0.717) is 13.1 Å². The zero-order valence-corrected chi connectivity index (χ0v) is 10.9. The van der Waals surface area contributed by atoms with Crippen LogP contribution >= 0.6 is 0 Å². The largest absolute Gasteiger partial charge is 0.345 e. The van der Waals surface area contributed by atoms with Crippen LogP contribution in [0.1, 0.15) is 25.7 Å². The summed E-state index contributed by atoms with van der Waals surface area (Å²) < 4.78 is 28.3. The van der Waals surface area contributed by atoms with Crippen LogP contribution in [-0.4, -0.2) is 60.6 Å². The molecule has 0 aromatic carbocycles. The summed E-state index contributed by atoms with van der Waals surface area (Å²) in [5, 5.41) is 0. The highest BCUT2D eigenvalue weighted by Crippen LogP contribution is 2.32. The molecule has 1 amide bonds. The van der Waals surface area contributed by atoms with Gasteiger partial charge in [0.25, 0.3) is 0 Å². The third-order valence-electron chi connectivity index (χ3n) is 4.40. The zero-order valence-electron chi connectivity index (χ0n) is 10.9. The summed E-state index contributed by atoms with van der Waals surface area (Å²) in [7, 11) is 0. The molecule has 1 saturated carbocycles. The number of alkyl halides is 2. The second kappa shape index (κ2) is 5.32. The van der Waals surface area contributed by atoms with Gasteiger partial charge in [0.2, 0.25) is 5.91 Å². The van der Waals surface area contributed by atoms with Crippen molar-refractivity contribution in [2.45, 2.75) is 44.4 Å². The minimum atomic E-state index is -2.73. The van der Waals surface area contributed by atoms with Gasteiger partial charge in [-0.3, -0.25) is 4.79 Å². The lowest BCUT2D eigenvalue weighted by atomic mass is 9.93. The van der Waals surface area contributed by atoms with Crippen LogP contribution in [0.3, 0.4) is 0 Å². The van der Waals surface area contributed by atoms with Gasteiger partial charge in [-0.15, -0.1) is 0 Å². The van der Waals surface area contributed by atoms with Crippen molar-refractivity contribution < 1.29 is 18.3 Å². The minimum Gasteiger partial charge on any atom is -0.337 e. The first-order valence-electron chi connectivity index (χ1n) is 7.10. The summed E-state index contributed by atoms with van der Waals surface area (Å²) in [6, 6.07) is 0.767. The van der Waals surface area contributed by atoms with Crippen molar-refractivity contribution in [1.82, 2.24) is 9.80 Å². The summed E-state index contributed by atoms with van der Waals surface area (Å²) in [5.41, 5.74) is 0. The second-order valence-electron chi connectivity index (χ2n) is 5.80. The van der Waals surface area contributed by atoms with Gasteiger partial charge in [-0.05, 0) is 38.8 Å². The molecule has 4 nitrogen and oxygen atoms in total. The SMILES string of the molecule is O=C(C1CCN(C2CC2)CC1)N1CC(OC(F)F)C1. The maximum atomic E-state index is 12.2. The number of piperidine rings is 1. The van der Waals surface area contributed by atoms with Gasteiger partial charge in [0.15, 0.2) is 0 Å². The van der Waals surface area contributed by atoms with E-state index in [-0.39, 0.29) is 11.8 Å². The normalized spacial score (nSPS) is 26.8. The fourth-order valence-electron chi connectivity index (χ4n) is 3.06. The van der Waals surface area contributed by atoms with Crippen molar-refractivity contribution in [2.24, 2.45) is 5.92 Å². The van der Waals surface area contributed by atoms with E-state index in [0.717, 1.165) is 32.0 Å². The number of halogens is 2. The number of hydrogen-bond donors (Lipinski definition) is 0. The molecule has 0 bridgehead atoms. The Balaban J connectivity index is 1.40. The third kappa shape index (κ3) is 3.05. The third-order valence-corrected chi connectivity index (χ3v) is 4.40. The Morgan fingerprint density at radius 1 is 1.11 bits per heavy atom. The first-order chi connectivity index (χ1) is 9.13. The molecule has 0 N–H and O–H groups in total. The Bertz CT molecular complexity index is 336. The van der Waals surface area contributed by atoms with Crippen molar-refractivity contribution in [3.63, 3.8) is 0 Å². The number of ether oxygens (including phenoxy) is 1. The van der Waals surface area contributed by atoms with Gasteiger partial charge in [0.1, 0.15) is 0 Å². The van der Waals surface area contributed by atoms with Crippen LogP contribution in [0, 0.1) is 5.92 Å². The lowest BCUT2D eigenvalue weighted by Gasteiger charge is -2.42. The Morgan fingerprint density at radius 3 is 2.26 bits per heavy atom. The quantitative estimate of drug-likeness (QED) is 0.775. The molecule has 0 spiro atoms. The van der Waals surface area contributed by atoms with Gasteiger partial charge < -0.3 is 14.5 Å². The van der Waals surface area contributed by atoms with Crippen molar-refractivity contribution in [1.29, 1.82) is 0 Å². The fourth-order valence-corrected chi connectivity index (χ4v) is 3.06. The van der Waals surface area contributed by atoms with E-state index >= 15 is 0 Å². The van der Waals surface area contributed by atoms with E-state index in [1.807, 2.05) is 0 Å². The molecule has 3 rings (SSSR count). The van der Waals surface area contributed by atoms with E-state index < -0.39 is 12.7 Å². The predicted molar refractivity (Wildman–Crippen MR) is 64.8 cm³/mol. The molecule has 2 saturated heterocycles. The fraction of sp³-hybridized carbons (Fsp3) is 0.923. The summed E-state index contributed by atoms with van der Waals surface area (Å²) >= 11 is 0. The number of carbonyl (C=O) groups is 1. The van der Waals surface area contributed by atoms with Crippen LogP contribution < -0.4 is 0 Å². The number of amides is 1. The van der Waals surface area contributed by atoms with E-state index in [2.05, 4.69) is 9.64 Å². The molecule has 0 aromatic rings. The molecule has 1 aliphatic carbocycles. The standard InChI is InChI=1S/C13H20F2N2O2/c14-13(15)19-11-7-17(8-11)12(18)9-3-5-16(6-4-9)10-1-2-10/h9-11,13H,1-8H2. The summed E-state index contributed by atoms with van der Waals surface area (Å²) in [5.74, 6) is 0.215. The maximum absolute atomic E-state index is 12.2. The number of rotatable bonds is 4. The topological polar surface area (TPSA) is 32.8 Å². The van der Waals surface area contributed by atoms with E-state index in [9.17, 15) is 13.6 Å². The molecule has 2 heterocycles. The molecular weight excluding hydrogens is 254 g/mol. The first-order valence-corrected chi connectivity index (χ1v) is 7.10. The van der Waals surface area contributed by atoms with Crippen molar-refractivity contribution in [3.8, 4) is 0 Å². The number of likely N-dealkylation sites (tertiary alicyclic amines) is 2. The number of carbonyl (C=O) groups excluding carboxylic acids is 1. The Labute approximate surface area is 111 Å². The molecule has 3 fully saturated rings. The Kier molecular flexibility index (Phi) is 3.71. The molecule has 0 atom stereocenters. The predicted octanol–water partition coefficient (Wildman–Crippen LogP) is 1.31. The highest BCUT2D eigenvalue weighted by atomic mass is 19.3. The van der Waals surface area contributed by atoms with Gasteiger partial charge in [-0.1, -0.05) is 0 Å². The average molecular weight is 274 g/mol. The summed E-state index contributed by atoms with van der Waals surface area (Å²) in [6.07, 6.45) is 3.95. The molecule has 19 heavy (non-hydrogen) atoms. The maximum Gasteiger partial charge on any atom is 0.345 e. The monoisotopic (exact) mass is 274 g/mol. The van der Waals surface area contributed by atoms with Gasteiger partial charge in [0, 0.05) is 25.0 Å². The lowest BCUT2D eigenvalue weighted by molar-refractivity contribution is -0.200. The Morgan fingerprint density at radius 2 is 1.74 bits per heavy atom. The van der Waals surface area contributed by atoms with Crippen LogP contribution in [0.25, 0.3) is 0 Å². The van der Waals surface area contributed by atoms with Gasteiger partial charge in [-0.2, -0.15) is 8.78 Å². The number of nitrogens with zero attached hydrogens (tertiary/aromatic N) is 2. The average Bonchev–Trinajstić information content (AvgIpc) is 3.16. The Hall–Kier alpha value is -0.750. The van der Waals surface area contributed by atoms with Crippen LogP contribution in [-0.2, 0) is 9.53 Å². The summed E-state index contributed by atoms with van der Waals surface area (Å²) in [4.78, 5) is 16.3. The molecule has 3 aliphatic rings. The van der Waals surface area contributed by atoms with Crippen LogP contribution in [0.2, 0.25) is 0 Å². The molecule has 0 unspecified atom stereocenters. The smallest absolute Gasteiger partial charge is 0.337 e. The summed E-state index contributed by atoms with van der Waals surface area (Å²) in [6.45, 7) is -0.0699. The second-order valence-corrected chi connectivity index (χ2v) is 5.80. The molecule has 108 valence electrons. The number of hydrogen-bond acceptors (Lipinski definition) is 3. The van der Waals surface area contributed by atoms with Crippen LogP contribution in [0.5, 0.6) is 0 Å².